The molecule has 1 fully saturated rings. The summed E-state index contributed by atoms with van der Waals surface area (Å²) in [5.41, 5.74) is 1.85. The van der Waals surface area contributed by atoms with E-state index in [1.165, 1.54) is 18.2 Å². The Kier molecular flexibility index (Phi) is 6.33. The molecule has 2 atom stereocenters. The first-order valence-corrected chi connectivity index (χ1v) is 11.4. The molecule has 0 amide bonds. The van der Waals surface area contributed by atoms with Crippen molar-refractivity contribution in [3.05, 3.63) is 61.4 Å². The third-order valence-electron chi connectivity index (χ3n) is 6.39. The molecule has 1 aliphatic carbocycles. The highest BCUT2D eigenvalue weighted by Crippen LogP contribution is 2.48. The highest BCUT2D eigenvalue weighted by atomic mass is 35.5. The van der Waals surface area contributed by atoms with Gasteiger partial charge >= 0.3 is 5.97 Å². The summed E-state index contributed by atoms with van der Waals surface area (Å²) in [6, 6.07) is 4.08. The number of carbonyl (C=O) groups excluding carboxylic acids is 2. The molecule has 176 valence electrons. The second-order valence-electron chi connectivity index (χ2n) is 9.63. The maximum Gasteiger partial charge on any atom is 0.336 e. The molecule has 9 heteroatoms. The van der Waals surface area contributed by atoms with Crippen LogP contribution in [0.2, 0.25) is 5.02 Å². The van der Waals surface area contributed by atoms with Crippen LogP contribution in [0, 0.1) is 15.5 Å². The van der Waals surface area contributed by atoms with Gasteiger partial charge < -0.3 is 14.8 Å². The number of hydrogen-bond acceptors (Lipinski definition) is 7. The molecule has 0 radical (unpaired) electrons. The van der Waals surface area contributed by atoms with Crippen LogP contribution in [0.3, 0.4) is 0 Å². The molecule has 1 aromatic rings. The number of ketones is 1. The van der Waals surface area contributed by atoms with Crippen LogP contribution in [0.25, 0.3) is 0 Å². The van der Waals surface area contributed by atoms with Gasteiger partial charge in [0.25, 0.3) is 5.69 Å². The maximum atomic E-state index is 13.3. The number of benzene rings is 1. The Morgan fingerprint density at radius 3 is 2.79 bits per heavy atom. The van der Waals surface area contributed by atoms with E-state index < -0.39 is 16.8 Å². The Labute approximate surface area is 197 Å². The maximum absolute atomic E-state index is 13.3. The van der Waals surface area contributed by atoms with Gasteiger partial charge in [-0.2, -0.15) is 0 Å². The lowest BCUT2D eigenvalue weighted by Crippen LogP contribution is -2.39. The zero-order chi connectivity index (χ0) is 23.9. The van der Waals surface area contributed by atoms with Crippen molar-refractivity contribution in [2.24, 2.45) is 5.41 Å². The van der Waals surface area contributed by atoms with E-state index in [4.69, 9.17) is 21.1 Å². The molecule has 0 spiro atoms. The van der Waals surface area contributed by atoms with Gasteiger partial charge in [-0.05, 0) is 43.2 Å². The zero-order valence-electron chi connectivity index (χ0n) is 18.9. The van der Waals surface area contributed by atoms with Gasteiger partial charge in [0, 0.05) is 53.1 Å². The van der Waals surface area contributed by atoms with E-state index in [-0.39, 0.29) is 40.2 Å². The summed E-state index contributed by atoms with van der Waals surface area (Å²) in [5, 5.41) is 15.0. The van der Waals surface area contributed by atoms with E-state index in [2.05, 4.69) is 5.32 Å². The number of non-ortho nitro benzene ring substituents is 1. The summed E-state index contributed by atoms with van der Waals surface area (Å²) < 4.78 is 11.1. The molecule has 3 aliphatic rings. The van der Waals surface area contributed by atoms with Gasteiger partial charge in [-0.3, -0.25) is 14.9 Å². The number of rotatable bonds is 5. The van der Waals surface area contributed by atoms with E-state index in [1.807, 2.05) is 13.8 Å². The fraction of sp³-hybridized carbons (Fsp3) is 0.500. The number of esters is 1. The fourth-order valence-electron chi connectivity index (χ4n) is 4.91. The molecule has 2 unspecified atom stereocenters. The summed E-state index contributed by atoms with van der Waals surface area (Å²) in [4.78, 5) is 37.6. The number of halogens is 1. The minimum atomic E-state index is -0.853. The number of nitro benzene ring substituents is 1. The van der Waals surface area contributed by atoms with Crippen LogP contribution in [0.1, 0.15) is 57.9 Å². The van der Waals surface area contributed by atoms with E-state index in [0.29, 0.717) is 36.3 Å². The zero-order valence-corrected chi connectivity index (χ0v) is 19.7. The quantitative estimate of drug-likeness (QED) is 0.378. The molecule has 1 aromatic carbocycles. The first-order valence-electron chi connectivity index (χ1n) is 11.0. The van der Waals surface area contributed by atoms with Crippen molar-refractivity contribution >= 4 is 29.0 Å². The predicted octanol–water partition coefficient (Wildman–Crippen LogP) is 4.57. The first kappa shape index (κ1) is 23.4. The Balaban J connectivity index is 1.80. The van der Waals surface area contributed by atoms with Crippen molar-refractivity contribution < 1.29 is 24.0 Å². The molecule has 1 N–H and O–H groups in total. The number of hydrogen-bond donors (Lipinski definition) is 1. The molecular weight excluding hydrogens is 448 g/mol. The minimum absolute atomic E-state index is 0.109. The molecule has 8 nitrogen and oxygen atoms in total. The Bertz CT molecular complexity index is 1080. The first-order chi connectivity index (χ1) is 15.6. The summed E-state index contributed by atoms with van der Waals surface area (Å²) >= 11 is 6.50. The van der Waals surface area contributed by atoms with Crippen molar-refractivity contribution in [3.8, 4) is 0 Å². The monoisotopic (exact) mass is 474 g/mol. The average molecular weight is 475 g/mol. The van der Waals surface area contributed by atoms with Crippen LogP contribution in [-0.4, -0.2) is 36.0 Å². The van der Waals surface area contributed by atoms with Crippen molar-refractivity contribution in [3.63, 3.8) is 0 Å². The number of dihydropyridines is 1. The van der Waals surface area contributed by atoms with Crippen LogP contribution in [0.15, 0.2) is 40.7 Å². The lowest BCUT2D eigenvalue weighted by molar-refractivity contribution is -0.384. The van der Waals surface area contributed by atoms with Crippen LogP contribution < -0.4 is 5.32 Å². The van der Waals surface area contributed by atoms with Gasteiger partial charge in [-0.25, -0.2) is 4.79 Å². The fourth-order valence-corrected chi connectivity index (χ4v) is 5.13. The van der Waals surface area contributed by atoms with E-state index in [9.17, 15) is 19.7 Å². The smallest absolute Gasteiger partial charge is 0.336 e. The topological polar surface area (TPSA) is 108 Å². The molecule has 0 saturated carbocycles. The Hall–Kier alpha value is -2.71. The average Bonchev–Trinajstić information content (AvgIpc) is 3.24. The minimum Gasteiger partial charge on any atom is -0.459 e. The highest BCUT2D eigenvalue weighted by Gasteiger charge is 2.44. The largest absolute Gasteiger partial charge is 0.459 e. The Morgan fingerprint density at radius 2 is 2.12 bits per heavy atom. The van der Waals surface area contributed by atoms with Gasteiger partial charge in [-0.15, -0.1) is 0 Å². The van der Waals surface area contributed by atoms with E-state index in [1.54, 1.807) is 6.92 Å². The summed E-state index contributed by atoms with van der Waals surface area (Å²) in [7, 11) is 0. The summed E-state index contributed by atoms with van der Waals surface area (Å²) in [6.07, 6.45) is 2.48. The number of nitrogens with one attached hydrogen (secondary N) is 1. The number of Topliss-reactive ketones (excluding diaryl/α,β-unsaturated/α-hetero) is 1. The summed E-state index contributed by atoms with van der Waals surface area (Å²) in [5.74, 6) is -1.56. The van der Waals surface area contributed by atoms with Crippen LogP contribution in [-0.2, 0) is 19.1 Å². The second kappa shape index (κ2) is 8.91. The van der Waals surface area contributed by atoms with Crippen LogP contribution >= 0.6 is 11.6 Å². The van der Waals surface area contributed by atoms with Crippen LogP contribution in [0.4, 0.5) is 5.69 Å². The number of ether oxygens (including phenoxy) is 2. The lowest BCUT2D eigenvalue weighted by Gasteiger charge is -2.39. The van der Waals surface area contributed by atoms with Gasteiger partial charge in [0.15, 0.2) is 5.78 Å². The second-order valence-corrected chi connectivity index (χ2v) is 10.0. The number of nitrogens with zero attached hydrogens (tertiary/aromatic N) is 1. The van der Waals surface area contributed by atoms with Gasteiger partial charge in [-0.1, -0.05) is 25.4 Å². The van der Waals surface area contributed by atoms with E-state index >= 15 is 0 Å². The molecular formula is C24H27ClN2O6. The van der Waals surface area contributed by atoms with Gasteiger partial charge in [0.05, 0.1) is 16.6 Å². The third kappa shape index (κ3) is 4.68. The molecule has 0 bridgehead atoms. The lowest BCUT2D eigenvalue weighted by atomic mass is 9.68. The predicted molar refractivity (Wildman–Crippen MR) is 122 cm³/mol. The summed E-state index contributed by atoms with van der Waals surface area (Å²) in [6.45, 7) is 6.51. The van der Waals surface area contributed by atoms with Crippen molar-refractivity contribution in [1.82, 2.24) is 5.32 Å². The van der Waals surface area contributed by atoms with E-state index in [0.717, 1.165) is 18.5 Å². The molecule has 1 saturated heterocycles. The highest BCUT2D eigenvalue weighted by molar-refractivity contribution is 6.31. The SMILES string of the molecule is CC1=C(C(=O)OCC2CCCO2)C(c2cc([N+](=O)[O-])ccc2Cl)C2=C(CC(C)(C)CC2=O)N1. The van der Waals surface area contributed by atoms with Crippen LogP contribution in [0.5, 0.6) is 0 Å². The molecule has 0 aromatic heterocycles. The van der Waals surface area contributed by atoms with Crippen molar-refractivity contribution in [1.29, 1.82) is 0 Å². The number of nitro groups is 1. The molecule has 4 rings (SSSR count). The molecule has 2 heterocycles. The molecule has 33 heavy (non-hydrogen) atoms. The number of allylic oxidation sites excluding steroid dienone is 3. The van der Waals surface area contributed by atoms with Crippen molar-refractivity contribution in [2.45, 2.75) is 58.5 Å². The number of carbonyl (C=O) groups is 2. The van der Waals surface area contributed by atoms with Gasteiger partial charge in [0.1, 0.15) is 6.61 Å². The van der Waals surface area contributed by atoms with Gasteiger partial charge in [0.2, 0.25) is 0 Å². The van der Waals surface area contributed by atoms with Crippen molar-refractivity contribution in [2.75, 3.05) is 13.2 Å². The Morgan fingerprint density at radius 1 is 1.36 bits per heavy atom. The third-order valence-corrected chi connectivity index (χ3v) is 6.73. The molecule has 2 aliphatic heterocycles. The normalized spacial score (nSPS) is 24.4. The standard InChI is InChI=1S/C24H27ClN2O6/c1-13-20(23(29)33-12-15-5-4-8-32-15)21(16-9-14(27(30)31)6-7-17(16)25)22-18(26-13)10-24(2,3)11-19(22)28/h6-7,9,15,21,26H,4-5,8,10-12H2,1-3H3.